The number of aromatic hydroxyl groups is 1. The second kappa shape index (κ2) is 9.85. The number of phenolic OH excluding ortho intramolecular Hbond substituents is 1. The van der Waals surface area contributed by atoms with Gasteiger partial charge >= 0.3 is 12.0 Å². The molecule has 2 aliphatic heterocycles. The summed E-state index contributed by atoms with van der Waals surface area (Å²) in [6.07, 6.45) is 3.13. The Morgan fingerprint density at radius 1 is 1.18 bits per heavy atom. The van der Waals surface area contributed by atoms with Crippen LogP contribution in [0.4, 0.5) is 10.5 Å². The average molecular weight is 541 g/mol. The molecule has 2 fully saturated rings. The number of H-pyrrole nitrogens is 1. The van der Waals surface area contributed by atoms with E-state index in [1.165, 1.54) is 42.2 Å². The van der Waals surface area contributed by atoms with Crippen LogP contribution in [0.5, 0.6) is 5.75 Å². The van der Waals surface area contributed by atoms with Crippen molar-refractivity contribution >= 4 is 41.3 Å². The van der Waals surface area contributed by atoms with Crippen molar-refractivity contribution in [3.05, 3.63) is 63.5 Å². The number of β-lactam (4-membered cyclic amide) rings is 1. The molecule has 1 saturated carbocycles. The van der Waals surface area contributed by atoms with Crippen LogP contribution in [0, 0.1) is 0 Å². The molecule has 3 atom stereocenters. The third kappa shape index (κ3) is 4.81. The topological polar surface area (TPSA) is 194 Å². The molecule has 0 spiro atoms. The Balaban J connectivity index is 1.32. The second-order valence-corrected chi connectivity index (χ2v) is 10.3. The van der Waals surface area contributed by atoms with Gasteiger partial charge in [0.15, 0.2) is 0 Å². The lowest BCUT2D eigenvalue weighted by Gasteiger charge is -2.49. The number of carboxylic acid groups (broad SMARTS) is 1. The van der Waals surface area contributed by atoms with Gasteiger partial charge in [-0.25, -0.2) is 14.6 Å². The quantitative estimate of drug-likeness (QED) is 0.278. The number of urea groups is 1. The number of nitrogens with zero attached hydrogens (tertiary/aromatic N) is 2. The summed E-state index contributed by atoms with van der Waals surface area (Å²) in [5, 5.41) is 26.0. The number of aromatic amines is 1. The van der Waals surface area contributed by atoms with Gasteiger partial charge in [0, 0.05) is 11.7 Å². The highest BCUT2D eigenvalue weighted by Crippen LogP contribution is 2.40. The van der Waals surface area contributed by atoms with Crippen LogP contribution in [0.15, 0.2) is 46.5 Å². The first kappa shape index (κ1) is 25.3. The molecule has 1 aliphatic carbocycles. The number of carboxylic acids is 1. The Kier molecular flexibility index (Phi) is 6.57. The standard InChI is InChI=1S/C24H24N6O7S/c1-10-9-38-22-16(21(34)30(22)17(10)23(35)36)27-20(33)15(11-4-6-13(31)7-5-11)28-24(37)26-14-8-25-18(12-2-3-12)29-19(14)32/h4-8,12,15-16,22,31H,2-3,9H2,1H3,(H,27,33)(H,35,36)(H,25,29,32)(H2,26,28,37)/t15-,16?,22-/m1/s1. The van der Waals surface area contributed by atoms with Crippen LogP contribution in [0.2, 0.25) is 0 Å². The van der Waals surface area contributed by atoms with Gasteiger partial charge in [-0.1, -0.05) is 12.1 Å². The molecular weight excluding hydrogens is 516 g/mol. The number of aromatic nitrogens is 2. The molecule has 6 N–H and O–H groups in total. The number of nitrogens with one attached hydrogen (secondary N) is 4. The number of rotatable bonds is 7. The molecule has 4 amide bonds. The number of benzene rings is 1. The number of carbonyl (C=O) groups excluding carboxylic acids is 3. The maximum absolute atomic E-state index is 13.3. The van der Waals surface area contributed by atoms with Crippen molar-refractivity contribution in [3.8, 4) is 5.75 Å². The van der Waals surface area contributed by atoms with Gasteiger partial charge < -0.3 is 31.1 Å². The molecule has 3 aliphatic rings. The van der Waals surface area contributed by atoms with Crippen molar-refractivity contribution in [2.45, 2.75) is 43.1 Å². The van der Waals surface area contributed by atoms with E-state index in [-0.39, 0.29) is 23.1 Å². The Hall–Kier alpha value is -4.33. The minimum absolute atomic E-state index is 0.0579. The van der Waals surface area contributed by atoms with Gasteiger partial charge in [-0.3, -0.25) is 19.3 Å². The lowest BCUT2D eigenvalue weighted by atomic mass is 10.0. The van der Waals surface area contributed by atoms with Gasteiger partial charge in [0.25, 0.3) is 11.5 Å². The first-order valence-electron chi connectivity index (χ1n) is 11.8. The van der Waals surface area contributed by atoms with Gasteiger partial charge in [0.2, 0.25) is 5.91 Å². The third-order valence-electron chi connectivity index (χ3n) is 6.45. The van der Waals surface area contributed by atoms with Crippen molar-refractivity contribution in [2.75, 3.05) is 11.1 Å². The van der Waals surface area contributed by atoms with Gasteiger partial charge in [-0.2, -0.15) is 0 Å². The van der Waals surface area contributed by atoms with Crippen LogP contribution in [0.25, 0.3) is 0 Å². The predicted octanol–water partition coefficient (Wildman–Crippen LogP) is 0.974. The number of fused-ring (bicyclic) bond motifs is 1. The maximum Gasteiger partial charge on any atom is 0.352 e. The van der Waals surface area contributed by atoms with E-state index in [2.05, 4.69) is 25.9 Å². The zero-order valence-electron chi connectivity index (χ0n) is 20.1. The number of carbonyl (C=O) groups is 4. The molecule has 198 valence electrons. The van der Waals surface area contributed by atoms with Crippen molar-refractivity contribution in [2.24, 2.45) is 0 Å². The zero-order chi connectivity index (χ0) is 27.1. The minimum atomic E-state index is -1.31. The fourth-order valence-electron chi connectivity index (χ4n) is 4.33. The van der Waals surface area contributed by atoms with E-state index in [0.29, 0.717) is 22.7 Å². The van der Waals surface area contributed by atoms with E-state index in [1.807, 2.05) is 0 Å². The first-order valence-corrected chi connectivity index (χ1v) is 12.8. The summed E-state index contributed by atoms with van der Waals surface area (Å²) >= 11 is 1.32. The number of aliphatic carboxylic acids is 1. The highest BCUT2D eigenvalue weighted by Gasteiger charge is 2.54. The largest absolute Gasteiger partial charge is 0.508 e. The lowest BCUT2D eigenvalue weighted by molar-refractivity contribution is -0.151. The first-order chi connectivity index (χ1) is 18.1. The molecular formula is C24H24N6O7S. The molecule has 1 saturated heterocycles. The number of hydrogen-bond acceptors (Lipinski definition) is 8. The highest BCUT2D eigenvalue weighted by atomic mass is 32.2. The van der Waals surface area contributed by atoms with Crippen LogP contribution in [-0.4, -0.2) is 66.1 Å². The Bertz CT molecular complexity index is 1420. The summed E-state index contributed by atoms with van der Waals surface area (Å²) in [4.78, 5) is 70.9. The van der Waals surface area contributed by atoms with Crippen LogP contribution in [-0.2, 0) is 14.4 Å². The molecule has 2 aromatic rings. The van der Waals surface area contributed by atoms with Gasteiger partial charge in [-0.15, -0.1) is 11.8 Å². The summed E-state index contributed by atoms with van der Waals surface area (Å²) in [6.45, 7) is 1.63. The van der Waals surface area contributed by atoms with E-state index in [0.717, 1.165) is 17.7 Å². The predicted molar refractivity (Wildman–Crippen MR) is 135 cm³/mol. The summed E-state index contributed by atoms with van der Waals surface area (Å²) in [7, 11) is 0. The molecule has 13 nitrogen and oxygen atoms in total. The summed E-state index contributed by atoms with van der Waals surface area (Å²) in [6, 6.07) is 2.35. The molecule has 1 unspecified atom stereocenters. The Labute approximate surface area is 219 Å². The van der Waals surface area contributed by atoms with Crippen molar-refractivity contribution in [3.63, 3.8) is 0 Å². The van der Waals surface area contributed by atoms with Crippen LogP contribution in [0.3, 0.4) is 0 Å². The molecule has 14 heteroatoms. The number of hydrogen-bond donors (Lipinski definition) is 6. The van der Waals surface area contributed by atoms with E-state index >= 15 is 0 Å². The van der Waals surface area contributed by atoms with Crippen LogP contribution < -0.4 is 21.5 Å². The third-order valence-corrected chi connectivity index (χ3v) is 7.88. The van der Waals surface area contributed by atoms with Crippen molar-refractivity contribution in [1.29, 1.82) is 0 Å². The van der Waals surface area contributed by atoms with Crippen LogP contribution >= 0.6 is 11.8 Å². The number of thioether (sulfide) groups is 1. The average Bonchev–Trinajstić information content (AvgIpc) is 3.73. The van der Waals surface area contributed by atoms with Gasteiger partial charge in [0.05, 0.1) is 6.20 Å². The summed E-state index contributed by atoms with van der Waals surface area (Å²) in [5.74, 6) is -1.44. The molecule has 38 heavy (non-hydrogen) atoms. The maximum atomic E-state index is 13.3. The fourth-order valence-corrected chi connectivity index (χ4v) is 5.62. The second-order valence-electron chi connectivity index (χ2n) is 9.24. The van der Waals surface area contributed by atoms with Crippen molar-refractivity contribution in [1.82, 2.24) is 25.5 Å². The Morgan fingerprint density at radius 2 is 1.89 bits per heavy atom. The highest BCUT2D eigenvalue weighted by molar-refractivity contribution is 8.00. The zero-order valence-corrected chi connectivity index (χ0v) is 20.9. The fraction of sp³-hybridized carbons (Fsp3) is 0.333. The summed E-state index contributed by atoms with van der Waals surface area (Å²) < 4.78 is 0. The molecule has 0 bridgehead atoms. The van der Waals surface area contributed by atoms with E-state index in [9.17, 15) is 34.2 Å². The monoisotopic (exact) mass is 540 g/mol. The van der Waals surface area contributed by atoms with E-state index in [1.54, 1.807) is 6.92 Å². The molecule has 0 radical (unpaired) electrons. The van der Waals surface area contributed by atoms with Crippen LogP contribution in [0.1, 0.15) is 43.1 Å². The molecule has 5 rings (SSSR count). The van der Waals surface area contributed by atoms with E-state index < -0.39 is 46.8 Å². The van der Waals surface area contributed by atoms with Gasteiger partial charge in [0.1, 0.15) is 40.4 Å². The lowest BCUT2D eigenvalue weighted by Crippen LogP contribution is -2.71. The van der Waals surface area contributed by atoms with Gasteiger partial charge in [-0.05, 0) is 43.0 Å². The SMILES string of the molecule is CC1=C(C(=O)O)N2C(=O)C(NC(=O)[C@H](NC(=O)Nc3cnc(C4CC4)[nH]c3=O)c3ccc(O)cc3)[C@H]2SC1. The molecule has 1 aromatic heterocycles. The van der Waals surface area contributed by atoms with E-state index in [4.69, 9.17) is 0 Å². The minimum Gasteiger partial charge on any atom is -0.508 e. The summed E-state index contributed by atoms with van der Waals surface area (Å²) in [5.41, 5.74) is 0.113. The number of amides is 4. The molecule has 3 heterocycles. The Morgan fingerprint density at radius 3 is 2.53 bits per heavy atom. The molecule has 1 aromatic carbocycles. The van der Waals surface area contributed by atoms with Crippen molar-refractivity contribution < 1.29 is 29.4 Å². The smallest absolute Gasteiger partial charge is 0.352 e. The number of phenols is 1. The number of anilines is 1. The normalized spacial score (nSPS) is 21.2.